The molecular weight excluding hydrogens is 404 g/mol. The minimum absolute atomic E-state index is 0.000507. The fraction of sp³-hybridized carbons (Fsp3) is 0.120. The summed E-state index contributed by atoms with van der Waals surface area (Å²) in [5, 5.41) is 0.451. The van der Waals surface area contributed by atoms with Gasteiger partial charge in [-0.05, 0) is 41.0 Å². The van der Waals surface area contributed by atoms with Crippen LogP contribution in [-0.2, 0) is 17.8 Å². The maximum atomic E-state index is 12.9. The first kappa shape index (κ1) is 19.7. The van der Waals surface area contributed by atoms with Crippen molar-refractivity contribution in [1.29, 1.82) is 0 Å². The molecule has 4 aromatic rings. The topological polar surface area (TPSA) is 88.2 Å². The van der Waals surface area contributed by atoms with E-state index in [4.69, 9.17) is 4.74 Å². The molecule has 1 aliphatic carbocycles. The number of amides is 1. The van der Waals surface area contributed by atoms with Crippen molar-refractivity contribution in [2.75, 3.05) is 7.05 Å². The third-order valence-corrected chi connectivity index (χ3v) is 5.41. The Labute approximate surface area is 184 Å². The van der Waals surface area contributed by atoms with Gasteiger partial charge in [0.05, 0.1) is 17.1 Å². The van der Waals surface area contributed by atoms with E-state index in [0.29, 0.717) is 29.6 Å². The van der Waals surface area contributed by atoms with E-state index >= 15 is 0 Å². The lowest BCUT2D eigenvalue weighted by Gasteiger charge is -2.17. The van der Waals surface area contributed by atoms with E-state index in [-0.39, 0.29) is 17.5 Å². The first-order valence-electron chi connectivity index (χ1n) is 10.2. The molecule has 0 saturated heterocycles. The molecule has 0 unspecified atom stereocenters. The summed E-state index contributed by atoms with van der Waals surface area (Å²) < 4.78 is 5.80. The van der Waals surface area contributed by atoms with E-state index in [9.17, 15) is 9.59 Å². The Morgan fingerprint density at radius 3 is 2.84 bits per heavy atom. The van der Waals surface area contributed by atoms with E-state index in [2.05, 4.69) is 15.0 Å². The summed E-state index contributed by atoms with van der Waals surface area (Å²) in [6, 6.07) is 17.2. The quantitative estimate of drug-likeness (QED) is 0.528. The SMILES string of the molecule is CN(Cc1ccccc1)C(=O)C1=Cc2cc(Oc3nc4cnccc4c(=O)[nH]3)ccc2C1. The smallest absolute Gasteiger partial charge is 0.302 e. The normalized spacial score (nSPS) is 12.3. The number of likely N-dealkylation sites (N-methyl/N-ethyl adjacent to an activating group) is 1. The van der Waals surface area contributed by atoms with Crippen LogP contribution in [0.3, 0.4) is 0 Å². The molecule has 32 heavy (non-hydrogen) atoms. The zero-order chi connectivity index (χ0) is 22.1. The van der Waals surface area contributed by atoms with Gasteiger partial charge in [0.25, 0.3) is 5.56 Å². The summed E-state index contributed by atoms with van der Waals surface area (Å²) >= 11 is 0. The number of nitrogens with one attached hydrogen (secondary N) is 1. The molecule has 0 bridgehead atoms. The van der Waals surface area contributed by atoms with Crippen LogP contribution in [0.5, 0.6) is 11.8 Å². The van der Waals surface area contributed by atoms with Crippen molar-refractivity contribution in [3.8, 4) is 11.8 Å². The second-order valence-corrected chi connectivity index (χ2v) is 7.72. The number of carbonyl (C=O) groups is 1. The Hall–Kier alpha value is -4.26. The fourth-order valence-electron chi connectivity index (χ4n) is 3.82. The monoisotopic (exact) mass is 424 g/mol. The maximum Gasteiger partial charge on any atom is 0.302 e. The van der Waals surface area contributed by atoms with Gasteiger partial charge in [-0.2, -0.15) is 4.98 Å². The molecule has 0 saturated carbocycles. The lowest BCUT2D eigenvalue weighted by Crippen LogP contribution is -2.27. The zero-order valence-corrected chi connectivity index (χ0v) is 17.4. The van der Waals surface area contributed by atoms with Crippen LogP contribution in [0.25, 0.3) is 17.0 Å². The molecule has 2 aromatic carbocycles. The molecule has 1 amide bonds. The second-order valence-electron chi connectivity index (χ2n) is 7.72. The summed E-state index contributed by atoms with van der Waals surface area (Å²) in [6.45, 7) is 0.553. The number of benzene rings is 2. The minimum Gasteiger partial charge on any atom is -0.426 e. The average Bonchev–Trinajstić information content (AvgIpc) is 3.22. The Bertz CT molecular complexity index is 1410. The Balaban J connectivity index is 1.34. The second kappa shape index (κ2) is 8.11. The van der Waals surface area contributed by atoms with E-state index in [1.807, 2.05) is 55.6 Å². The largest absolute Gasteiger partial charge is 0.426 e. The highest BCUT2D eigenvalue weighted by atomic mass is 16.5. The number of pyridine rings is 1. The third-order valence-electron chi connectivity index (χ3n) is 5.41. The van der Waals surface area contributed by atoms with Crippen molar-refractivity contribution >= 4 is 22.9 Å². The first-order valence-corrected chi connectivity index (χ1v) is 10.2. The summed E-state index contributed by atoms with van der Waals surface area (Å²) in [7, 11) is 1.81. The molecule has 0 fully saturated rings. The number of rotatable bonds is 5. The fourth-order valence-corrected chi connectivity index (χ4v) is 3.82. The number of carbonyl (C=O) groups excluding carboxylic acids is 1. The van der Waals surface area contributed by atoms with Crippen LogP contribution in [0.15, 0.2) is 77.4 Å². The average molecular weight is 424 g/mol. The molecule has 2 aromatic heterocycles. The molecule has 0 atom stereocenters. The van der Waals surface area contributed by atoms with Crippen LogP contribution in [0.2, 0.25) is 0 Å². The molecule has 5 rings (SSSR count). The van der Waals surface area contributed by atoms with Crippen molar-refractivity contribution in [2.45, 2.75) is 13.0 Å². The summed E-state index contributed by atoms with van der Waals surface area (Å²) in [6.07, 6.45) is 5.53. The van der Waals surface area contributed by atoms with Gasteiger partial charge in [-0.3, -0.25) is 19.6 Å². The van der Waals surface area contributed by atoms with Gasteiger partial charge in [0.15, 0.2) is 0 Å². The van der Waals surface area contributed by atoms with Crippen LogP contribution in [-0.4, -0.2) is 32.8 Å². The summed E-state index contributed by atoms with van der Waals surface area (Å²) in [4.78, 5) is 37.8. The number of hydrogen-bond donors (Lipinski definition) is 1. The summed E-state index contributed by atoms with van der Waals surface area (Å²) in [5.74, 6) is 0.526. The molecular formula is C25H20N4O3. The van der Waals surface area contributed by atoms with Gasteiger partial charge in [0.1, 0.15) is 5.75 Å². The van der Waals surface area contributed by atoms with Crippen LogP contribution in [0.4, 0.5) is 0 Å². The highest BCUT2D eigenvalue weighted by Crippen LogP contribution is 2.31. The van der Waals surface area contributed by atoms with E-state index in [1.165, 1.54) is 6.20 Å². The van der Waals surface area contributed by atoms with Crippen molar-refractivity contribution in [2.24, 2.45) is 0 Å². The molecule has 158 valence electrons. The highest BCUT2D eigenvalue weighted by molar-refractivity contribution is 6.00. The number of H-pyrrole nitrogens is 1. The van der Waals surface area contributed by atoms with Crippen molar-refractivity contribution in [3.63, 3.8) is 0 Å². The molecule has 0 spiro atoms. The van der Waals surface area contributed by atoms with Gasteiger partial charge in [0.2, 0.25) is 5.91 Å². The molecule has 7 nitrogen and oxygen atoms in total. The predicted molar refractivity (Wildman–Crippen MR) is 121 cm³/mol. The number of hydrogen-bond acceptors (Lipinski definition) is 5. The van der Waals surface area contributed by atoms with Gasteiger partial charge in [-0.25, -0.2) is 0 Å². The van der Waals surface area contributed by atoms with Crippen LogP contribution in [0.1, 0.15) is 16.7 Å². The minimum atomic E-state index is -0.289. The number of aromatic nitrogens is 3. The number of ether oxygens (including phenoxy) is 1. The van der Waals surface area contributed by atoms with Crippen LogP contribution >= 0.6 is 0 Å². The van der Waals surface area contributed by atoms with Gasteiger partial charge >= 0.3 is 6.01 Å². The predicted octanol–water partition coefficient (Wildman–Crippen LogP) is 3.71. The Kier molecular flexibility index (Phi) is 4.99. The van der Waals surface area contributed by atoms with Gasteiger partial charge in [0, 0.05) is 31.8 Å². The van der Waals surface area contributed by atoms with Gasteiger partial charge < -0.3 is 9.64 Å². The molecule has 1 N–H and O–H groups in total. The van der Waals surface area contributed by atoms with Crippen LogP contribution < -0.4 is 10.3 Å². The van der Waals surface area contributed by atoms with Gasteiger partial charge in [-0.15, -0.1) is 0 Å². The number of aromatic amines is 1. The van der Waals surface area contributed by atoms with Crippen molar-refractivity contribution < 1.29 is 9.53 Å². The third kappa shape index (κ3) is 3.88. The maximum absolute atomic E-state index is 12.9. The van der Waals surface area contributed by atoms with Crippen LogP contribution in [0, 0.1) is 0 Å². The standard InChI is InChI=1S/C25H20N4O3/c1-29(15-16-5-3-2-4-6-16)24(31)19-11-17-7-8-20(13-18(17)12-19)32-25-27-22-14-26-10-9-21(22)23(30)28-25/h2-10,12-14H,11,15H2,1H3,(H,27,28,30). The molecule has 0 aliphatic heterocycles. The highest BCUT2D eigenvalue weighted by Gasteiger charge is 2.22. The van der Waals surface area contributed by atoms with E-state index in [1.54, 1.807) is 23.2 Å². The van der Waals surface area contributed by atoms with E-state index in [0.717, 1.165) is 22.3 Å². The van der Waals surface area contributed by atoms with Gasteiger partial charge in [-0.1, -0.05) is 36.4 Å². The Morgan fingerprint density at radius 2 is 2.00 bits per heavy atom. The lowest BCUT2D eigenvalue weighted by atomic mass is 10.1. The number of nitrogens with zero attached hydrogens (tertiary/aromatic N) is 3. The van der Waals surface area contributed by atoms with E-state index < -0.39 is 0 Å². The Morgan fingerprint density at radius 1 is 1.16 bits per heavy atom. The zero-order valence-electron chi connectivity index (χ0n) is 17.4. The summed E-state index contributed by atoms with van der Waals surface area (Å²) in [5.41, 5.74) is 3.97. The van der Waals surface area contributed by atoms with Crippen molar-refractivity contribution in [1.82, 2.24) is 19.9 Å². The molecule has 2 heterocycles. The molecule has 7 heteroatoms. The van der Waals surface area contributed by atoms with Crippen molar-refractivity contribution in [3.05, 3.63) is 99.6 Å². The first-order chi connectivity index (χ1) is 15.6. The molecule has 0 radical (unpaired) electrons. The number of fused-ring (bicyclic) bond motifs is 2. The lowest BCUT2D eigenvalue weighted by molar-refractivity contribution is -0.126. The molecule has 1 aliphatic rings.